The van der Waals surface area contributed by atoms with E-state index < -0.39 is 0 Å². The Hall–Kier alpha value is -2.65. The molecule has 3 rings (SSSR count). The zero-order chi connectivity index (χ0) is 17.1. The topological polar surface area (TPSA) is 143 Å². The fourth-order valence-corrected chi connectivity index (χ4v) is 2.21. The molecular weight excluding hydrogens is 330 g/mol. The van der Waals surface area contributed by atoms with Crippen molar-refractivity contribution in [1.82, 2.24) is 25.4 Å². The molecule has 0 aliphatic carbocycles. The molecule has 0 spiro atoms. The Morgan fingerprint density at radius 2 is 2.12 bits per heavy atom. The molecule has 2 aromatic heterocycles. The maximum absolute atomic E-state index is 5.94. The highest BCUT2D eigenvalue weighted by Crippen LogP contribution is 2.22. The predicted octanol–water partition coefficient (Wildman–Crippen LogP) is 1.35. The van der Waals surface area contributed by atoms with Crippen LogP contribution in [-0.2, 0) is 6.54 Å². The third-order valence-corrected chi connectivity index (χ3v) is 3.64. The summed E-state index contributed by atoms with van der Waals surface area (Å²) in [4.78, 5) is 8.74. The molecule has 0 aliphatic rings. The minimum Gasteiger partial charge on any atom is -0.398 e. The molecule has 0 radical (unpaired) electrons. The number of rotatable bonds is 6. The Morgan fingerprint density at radius 3 is 2.88 bits per heavy atom. The summed E-state index contributed by atoms with van der Waals surface area (Å²) in [5, 5.41) is 17.4. The van der Waals surface area contributed by atoms with Crippen LogP contribution >= 0.6 is 11.6 Å². The fourth-order valence-electron chi connectivity index (χ4n) is 2.09. The zero-order valence-corrected chi connectivity index (χ0v) is 13.8. The van der Waals surface area contributed by atoms with Gasteiger partial charge in [0, 0.05) is 19.1 Å². The van der Waals surface area contributed by atoms with Crippen LogP contribution in [-0.4, -0.2) is 38.0 Å². The molecular formula is C14H18ClN9. The third kappa shape index (κ3) is 3.63. The summed E-state index contributed by atoms with van der Waals surface area (Å²) in [6, 6.07) is 5.45. The third-order valence-electron chi connectivity index (χ3n) is 3.29. The molecule has 0 saturated carbocycles. The molecule has 126 valence electrons. The van der Waals surface area contributed by atoms with Gasteiger partial charge in [-0.25, -0.2) is 5.10 Å². The molecule has 24 heavy (non-hydrogen) atoms. The van der Waals surface area contributed by atoms with E-state index >= 15 is 0 Å². The maximum atomic E-state index is 5.94. The minimum absolute atomic E-state index is 0.0161. The standard InChI is InChI=1S/C14H18ClN9/c1-7(16)5-19-14-20-12(11-13(21-14)23-24-22-11)18-6-8-2-3-9(15)10(17)4-8/h2-4,7H,5-6,16-17H2,1H3,(H3,18,19,20,21,22,23,24). The van der Waals surface area contributed by atoms with Gasteiger partial charge in [-0.3, -0.25) is 0 Å². The van der Waals surface area contributed by atoms with E-state index in [-0.39, 0.29) is 6.04 Å². The van der Waals surface area contributed by atoms with Gasteiger partial charge in [0.05, 0.1) is 10.7 Å². The Morgan fingerprint density at radius 1 is 1.29 bits per heavy atom. The lowest BCUT2D eigenvalue weighted by atomic mass is 10.2. The molecule has 10 heteroatoms. The minimum atomic E-state index is -0.0161. The van der Waals surface area contributed by atoms with Gasteiger partial charge in [-0.15, -0.1) is 5.10 Å². The van der Waals surface area contributed by atoms with Crippen molar-refractivity contribution in [2.24, 2.45) is 5.73 Å². The number of hydrogen-bond donors (Lipinski definition) is 5. The second-order valence-corrected chi connectivity index (χ2v) is 5.88. The monoisotopic (exact) mass is 347 g/mol. The van der Waals surface area contributed by atoms with E-state index in [0.717, 1.165) is 5.56 Å². The van der Waals surface area contributed by atoms with Gasteiger partial charge in [-0.1, -0.05) is 22.9 Å². The highest BCUT2D eigenvalue weighted by molar-refractivity contribution is 6.33. The van der Waals surface area contributed by atoms with Gasteiger partial charge in [-0.2, -0.15) is 9.97 Å². The number of halogens is 1. The van der Waals surface area contributed by atoms with Crippen LogP contribution in [0.3, 0.4) is 0 Å². The summed E-state index contributed by atoms with van der Waals surface area (Å²) in [6.07, 6.45) is 0. The lowest BCUT2D eigenvalue weighted by Gasteiger charge is -2.11. The van der Waals surface area contributed by atoms with Crippen molar-refractivity contribution in [3.05, 3.63) is 28.8 Å². The lowest BCUT2D eigenvalue weighted by Crippen LogP contribution is -2.26. The molecule has 9 nitrogen and oxygen atoms in total. The summed E-state index contributed by atoms with van der Waals surface area (Å²) in [5.74, 6) is 1.01. The summed E-state index contributed by atoms with van der Waals surface area (Å²) >= 11 is 5.94. The van der Waals surface area contributed by atoms with E-state index in [1.165, 1.54) is 0 Å². The first kappa shape index (κ1) is 16.2. The molecule has 1 aromatic carbocycles. The number of nitrogen functional groups attached to an aromatic ring is 1. The number of aromatic amines is 1. The van der Waals surface area contributed by atoms with Crippen LogP contribution in [0.4, 0.5) is 17.5 Å². The first-order valence-electron chi connectivity index (χ1n) is 7.39. The highest BCUT2D eigenvalue weighted by atomic mass is 35.5. The van der Waals surface area contributed by atoms with Crippen LogP contribution in [0.25, 0.3) is 11.2 Å². The number of benzene rings is 1. The average molecular weight is 348 g/mol. The number of nitrogens with zero attached hydrogens (tertiary/aromatic N) is 4. The van der Waals surface area contributed by atoms with Gasteiger partial charge in [0.2, 0.25) is 5.95 Å². The van der Waals surface area contributed by atoms with Crippen molar-refractivity contribution in [3.8, 4) is 0 Å². The van der Waals surface area contributed by atoms with Gasteiger partial charge in [0.25, 0.3) is 0 Å². The number of anilines is 3. The SMILES string of the molecule is CC(N)CNc1nc(NCc2ccc(Cl)c(N)c2)c2nn[nH]c2n1. The van der Waals surface area contributed by atoms with E-state index in [1.807, 2.05) is 19.1 Å². The smallest absolute Gasteiger partial charge is 0.226 e. The number of nitrogens with one attached hydrogen (secondary N) is 3. The van der Waals surface area contributed by atoms with Gasteiger partial charge < -0.3 is 22.1 Å². The Kier molecular flexibility index (Phi) is 4.63. The number of nitrogens with two attached hydrogens (primary N) is 2. The normalized spacial score (nSPS) is 12.3. The molecule has 7 N–H and O–H groups in total. The summed E-state index contributed by atoms with van der Waals surface area (Å²) in [7, 11) is 0. The van der Waals surface area contributed by atoms with Crippen LogP contribution < -0.4 is 22.1 Å². The highest BCUT2D eigenvalue weighted by Gasteiger charge is 2.11. The largest absolute Gasteiger partial charge is 0.398 e. The molecule has 0 aliphatic heterocycles. The number of fused-ring (bicyclic) bond motifs is 1. The second kappa shape index (κ2) is 6.85. The lowest BCUT2D eigenvalue weighted by molar-refractivity contribution is 0.774. The maximum Gasteiger partial charge on any atom is 0.226 e. The molecule has 1 unspecified atom stereocenters. The Bertz CT molecular complexity index is 845. The molecule has 0 saturated heterocycles. The van der Waals surface area contributed by atoms with Crippen LogP contribution in [0, 0.1) is 0 Å². The summed E-state index contributed by atoms with van der Waals surface area (Å²) < 4.78 is 0. The van der Waals surface area contributed by atoms with Gasteiger partial charge in [0.15, 0.2) is 17.0 Å². The second-order valence-electron chi connectivity index (χ2n) is 5.47. The van der Waals surface area contributed by atoms with Gasteiger partial charge in [-0.05, 0) is 24.6 Å². The van der Waals surface area contributed by atoms with E-state index in [9.17, 15) is 0 Å². The fraction of sp³-hybridized carbons (Fsp3) is 0.286. The van der Waals surface area contributed by atoms with E-state index in [2.05, 4.69) is 36.0 Å². The Labute approximate surface area is 143 Å². The van der Waals surface area contributed by atoms with Crippen molar-refractivity contribution >= 4 is 40.2 Å². The van der Waals surface area contributed by atoms with Gasteiger partial charge in [0.1, 0.15) is 0 Å². The van der Waals surface area contributed by atoms with E-state index in [1.54, 1.807) is 6.07 Å². The molecule has 0 bridgehead atoms. The first-order valence-corrected chi connectivity index (χ1v) is 7.76. The molecule has 3 aromatic rings. The zero-order valence-electron chi connectivity index (χ0n) is 13.0. The molecule has 0 fully saturated rings. The van der Waals surface area contributed by atoms with E-state index in [4.69, 9.17) is 23.1 Å². The van der Waals surface area contributed by atoms with Crippen LogP contribution in [0.1, 0.15) is 12.5 Å². The van der Waals surface area contributed by atoms with Crippen molar-refractivity contribution in [2.75, 3.05) is 22.9 Å². The van der Waals surface area contributed by atoms with Crippen LogP contribution in [0.2, 0.25) is 5.02 Å². The molecule has 0 amide bonds. The van der Waals surface area contributed by atoms with Crippen molar-refractivity contribution in [3.63, 3.8) is 0 Å². The van der Waals surface area contributed by atoms with Crippen LogP contribution in [0.5, 0.6) is 0 Å². The number of hydrogen-bond acceptors (Lipinski definition) is 8. The number of H-pyrrole nitrogens is 1. The van der Waals surface area contributed by atoms with Crippen molar-refractivity contribution in [1.29, 1.82) is 0 Å². The first-order chi connectivity index (χ1) is 11.5. The Balaban J connectivity index is 1.81. The summed E-state index contributed by atoms with van der Waals surface area (Å²) in [5.41, 5.74) is 14.2. The molecule has 1 atom stereocenters. The number of aromatic nitrogens is 5. The van der Waals surface area contributed by atoms with Crippen molar-refractivity contribution < 1.29 is 0 Å². The van der Waals surface area contributed by atoms with Crippen LogP contribution in [0.15, 0.2) is 18.2 Å². The van der Waals surface area contributed by atoms with Gasteiger partial charge >= 0.3 is 0 Å². The summed E-state index contributed by atoms with van der Waals surface area (Å²) in [6.45, 7) is 2.96. The molecule has 2 heterocycles. The van der Waals surface area contributed by atoms with Crippen molar-refractivity contribution in [2.45, 2.75) is 19.5 Å². The van der Waals surface area contributed by atoms with E-state index in [0.29, 0.717) is 46.7 Å². The quantitative estimate of drug-likeness (QED) is 0.420. The average Bonchev–Trinajstić information content (AvgIpc) is 3.02. The predicted molar refractivity (Wildman–Crippen MR) is 94.8 cm³/mol.